The molecule has 0 radical (unpaired) electrons. The van der Waals surface area contributed by atoms with Crippen molar-refractivity contribution in [2.24, 2.45) is 7.05 Å². The first-order valence-electron chi connectivity index (χ1n) is 6.17. The van der Waals surface area contributed by atoms with E-state index in [4.69, 9.17) is 10.7 Å². The Bertz CT molecular complexity index is 903. The van der Waals surface area contributed by atoms with Crippen LogP contribution in [0.2, 0.25) is 0 Å². The number of hydrogen-bond acceptors (Lipinski definition) is 6. The van der Waals surface area contributed by atoms with Gasteiger partial charge in [0.1, 0.15) is 17.4 Å². The summed E-state index contributed by atoms with van der Waals surface area (Å²) >= 11 is 0. The van der Waals surface area contributed by atoms with Crippen molar-refractivity contribution >= 4 is 22.5 Å². The van der Waals surface area contributed by atoms with Crippen LogP contribution in [0.3, 0.4) is 0 Å². The average Bonchev–Trinajstić information content (AvgIpc) is 2.52. The number of hydrogen-bond donors (Lipinski definition) is 2. The van der Waals surface area contributed by atoms with Crippen LogP contribution in [0.15, 0.2) is 36.9 Å². The zero-order chi connectivity index (χ0) is 14.8. The summed E-state index contributed by atoms with van der Waals surface area (Å²) in [7, 11) is 1.74. The van der Waals surface area contributed by atoms with Gasteiger partial charge in [-0.15, -0.1) is 0 Å². The Kier molecular flexibility index (Phi) is 3.04. The van der Waals surface area contributed by atoms with Gasteiger partial charge in [-0.3, -0.25) is 5.41 Å². The highest BCUT2D eigenvalue weighted by atomic mass is 15.1. The molecule has 0 aliphatic heterocycles. The number of anilines is 2. The molecule has 0 saturated carbocycles. The lowest BCUT2D eigenvalue weighted by Crippen LogP contribution is -2.19. The Balaban J connectivity index is 2.06. The number of benzene rings is 1. The molecule has 0 atom stereocenters. The summed E-state index contributed by atoms with van der Waals surface area (Å²) in [5, 5.41) is 19.9. The fourth-order valence-electron chi connectivity index (χ4n) is 1.90. The highest BCUT2D eigenvalue weighted by Gasteiger charge is 2.07. The van der Waals surface area contributed by atoms with Gasteiger partial charge in [0.05, 0.1) is 18.0 Å². The normalized spacial score (nSPS) is 10.3. The van der Waals surface area contributed by atoms with Crippen LogP contribution in [0.25, 0.3) is 11.0 Å². The highest BCUT2D eigenvalue weighted by Crippen LogP contribution is 2.19. The third-order valence-corrected chi connectivity index (χ3v) is 3.04. The van der Waals surface area contributed by atoms with E-state index < -0.39 is 0 Å². The van der Waals surface area contributed by atoms with Crippen LogP contribution in [0.4, 0.5) is 11.5 Å². The van der Waals surface area contributed by atoms with E-state index in [-0.39, 0.29) is 5.49 Å². The number of nitriles is 1. The van der Waals surface area contributed by atoms with Crippen molar-refractivity contribution in [3.05, 3.63) is 48.0 Å². The zero-order valence-electron chi connectivity index (χ0n) is 11.2. The van der Waals surface area contributed by atoms with Crippen molar-refractivity contribution in [2.75, 3.05) is 5.32 Å². The number of fused-ring (bicyclic) bond motifs is 1. The second-order valence-corrected chi connectivity index (χ2v) is 4.44. The molecular formula is C14H11N7. The van der Waals surface area contributed by atoms with E-state index in [0.29, 0.717) is 22.4 Å². The van der Waals surface area contributed by atoms with E-state index in [0.717, 1.165) is 5.69 Å². The Morgan fingerprint density at radius 3 is 2.62 bits per heavy atom. The minimum Gasteiger partial charge on any atom is -0.338 e. The number of rotatable bonds is 2. The Labute approximate surface area is 120 Å². The molecule has 102 valence electrons. The third-order valence-electron chi connectivity index (χ3n) is 3.04. The molecule has 7 nitrogen and oxygen atoms in total. The van der Waals surface area contributed by atoms with Crippen LogP contribution in [0.1, 0.15) is 5.56 Å². The van der Waals surface area contributed by atoms with Gasteiger partial charge in [0, 0.05) is 12.7 Å². The van der Waals surface area contributed by atoms with Crippen molar-refractivity contribution in [1.82, 2.24) is 19.5 Å². The lowest BCUT2D eigenvalue weighted by molar-refractivity contribution is 0.800. The van der Waals surface area contributed by atoms with Gasteiger partial charge in [0.15, 0.2) is 11.3 Å². The summed E-state index contributed by atoms with van der Waals surface area (Å²) in [5.41, 5.74) is 2.66. The first-order valence-corrected chi connectivity index (χ1v) is 6.17. The molecule has 7 heteroatoms. The Morgan fingerprint density at radius 1 is 1.14 bits per heavy atom. The van der Waals surface area contributed by atoms with Crippen LogP contribution >= 0.6 is 0 Å². The Morgan fingerprint density at radius 2 is 1.90 bits per heavy atom. The molecule has 0 aliphatic rings. The average molecular weight is 277 g/mol. The van der Waals surface area contributed by atoms with Gasteiger partial charge in [-0.25, -0.2) is 15.0 Å². The molecule has 2 aromatic heterocycles. The van der Waals surface area contributed by atoms with Crippen molar-refractivity contribution < 1.29 is 0 Å². The van der Waals surface area contributed by atoms with Crippen LogP contribution in [-0.4, -0.2) is 19.5 Å². The predicted molar refractivity (Wildman–Crippen MR) is 76.6 cm³/mol. The molecule has 0 unspecified atom stereocenters. The topological polar surface area (TPSA) is 103 Å². The molecule has 3 aromatic rings. The first-order chi connectivity index (χ1) is 10.2. The number of aryl methyl sites for hydroxylation is 1. The zero-order valence-corrected chi connectivity index (χ0v) is 11.2. The molecule has 3 rings (SSSR count). The molecule has 1 aromatic carbocycles. The predicted octanol–water partition coefficient (Wildman–Crippen LogP) is 1.46. The maximum Gasteiger partial charge on any atom is 0.160 e. The van der Waals surface area contributed by atoms with Crippen molar-refractivity contribution in [1.29, 1.82) is 10.7 Å². The van der Waals surface area contributed by atoms with Crippen LogP contribution in [0, 0.1) is 16.7 Å². The first kappa shape index (κ1) is 12.7. The second kappa shape index (κ2) is 5.02. The van der Waals surface area contributed by atoms with Gasteiger partial charge < -0.3 is 9.88 Å². The highest BCUT2D eigenvalue weighted by molar-refractivity contribution is 5.85. The van der Waals surface area contributed by atoms with E-state index in [1.165, 1.54) is 6.33 Å². The summed E-state index contributed by atoms with van der Waals surface area (Å²) in [5.74, 6) is 0.527. The largest absolute Gasteiger partial charge is 0.338 e. The lowest BCUT2D eigenvalue weighted by Gasteiger charge is -2.08. The molecule has 0 saturated heterocycles. The SMILES string of the molecule is Cn1cnc2c(Nc3ccc(C#N)cc3)ncnc2c1=N. The van der Waals surface area contributed by atoms with E-state index >= 15 is 0 Å². The smallest absolute Gasteiger partial charge is 0.160 e. The van der Waals surface area contributed by atoms with Crippen molar-refractivity contribution in [3.8, 4) is 6.07 Å². The van der Waals surface area contributed by atoms with Gasteiger partial charge in [0.2, 0.25) is 0 Å². The van der Waals surface area contributed by atoms with Crippen LogP contribution < -0.4 is 10.8 Å². The summed E-state index contributed by atoms with van der Waals surface area (Å²) in [4.78, 5) is 12.6. The summed E-state index contributed by atoms with van der Waals surface area (Å²) in [6.45, 7) is 0. The molecule has 0 spiro atoms. The van der Waals surface area contributed by atoms with E-state index in [1.807, 2.05) is 0 Å². The van der Waals surface area contributed by atoms with Gasteiger partial charge in [0.25, 0.3) is 0 Å². The fourth-order valence-corrected chi connectivity index (χ4v) is 1.90. The van der Waals surface area contributed by atoms with E-state index in [9.17, 15) is 0 Å². The van der Waals surface area contributed by atoms with Crippen LogP contribution in [0.5, 0.6) is 0 Å². The fraction of sp³-hybridized carbons (Fsp3) is 0.0714. The van der Waals surface area contributed by atoms with E-state index in [1.54, 1.807) is 42.2 Å². The number of nitrogens with one attached hydrogen (secondary N) is 2. The monoisotopic (exact) mass is 277 g/mol. The molecule has 0 aliphatic carbocycles. The van der Waals surface area contributed by atoms with Gasteiger partial charge in [-0.2, -0.15) is 5.26 Å². The maximum atomic E-state index is 8.79. The van der Waals surface area contributed by atoms with Gasteiger partial charge >= 0.3 is 0 Å². The maximum absolute atomic E-state index is 8.79. The standard InChI is InChI=1S/C14H11N7/c1-21-8-19-12-11(13(21)16)17-7-18-14(12)20-10-4-2-9(6-15)3-5-10/h2-5,7-8,16H,1H3,(H,17,18,20). The molecule has 21 heavy (non-hydrogen) atoms. The van der Waals surface area contributed by atoms with Crippen molar-refractivity contribution in [2.45, 2.75) is 0 Å². The van der Waals surface area contributed by atoms with E-state index in [2.05, 4.69) is 26.3 Å². The molecule has 2 heterocycles. The number of aromatic nitrogens is 4. The van der Waals surface area contributed by atoms with Crippen molar-refractivity contribution in [3.63, 3.8) is 0 Å². The van der Waals surface area contributed by atoms with Crippen LogP contribution in [-0.2, 0) is 7.05 Å². The summed E-state index contributed by atoms with van der Waals surface area (Å²) in [6, 6.07) is 9.08. The molecule has 0 amide bonds. The molecule has 0 bridgehead atoms. The molecular weight excluding hydrogens is 266 g/mol. The lowest BCUT2D eigenvalue weighted by atomic mass is 10.2. The minimum absolute atomic E-state index is 0.269. The van der Waals surface area contributed by atoms with Gasteiger partial charge in [-0.1, -0.05) is 0 Å². The summed E-state index contributed by atoms with van der Waals surface area (Å²) < 4.78 is 1.58. The Hall–Kier alpha value is -3.27. The minimum atomic E-state index is 0.269. The molecule has 0 fully saturated rings. The third kappa shape index (κ3) is 2.30. The molecule has 2 N–H and O–H groups in total. The second-order valence-electron chi connectivity index (χ2n) is 4.44. The quantitative estimate of drug-likeness (QED) is 0.738. The summed E-state index contributed by atoms with van der Waals surface area (Å²) in [6.07, 6.45) is 2.95. The number of nitrogens with zero attached hydrogens (tertiary/aromatic N) is 5. The van der Waals surface area contributed by atoms with Gasteiger partial charge in [-0.05, 0) is 24.3 Å².